The van der Waals surface area contributed by atoms with Crippen LogP contribution in [-0.4, -0.2) is 23.6 Å². The summed E-state index contributed by atoms with van der Waals surface area (Å²) in [7, 11) is 0. The highest BCUT2D eigenvalue weighted by molar-refractivity contribution is 6.09. The second-order valence-corrected chi connectivity index (χ2v) is 5.05. The van der Waals surface area contributed by atoms with E-state index in [1.165, 1.54) is 6.08 Å². The van der Waals surface area contributed by atoms with E-state index in [0.717, 1.165) is 0 Å². The number of nitriles is 1. The van der Waals surface area contributed by atoms with Crippen molar-refractivity contribution in [2.75, 3.05) is 11.9 Å². The SMILES string of the molecule is N#C/C(=C/c1cccc(OCCC(=O)O)c1)C(=O)Nc1ccccc1. The lowest BCUT2D eigenvalue weighted by atomic mass is 10.1. The number of amides is 1. The van der Waals surface area contributed by atoms with Crippen LogP contribution in [0.2, 0.25) is 0 Å². The highest BCUT2D eigenvalue weighted by atomic mass is 16.5. The molecular formula is C19H16N2O4. The molecule has 0 atom stereocenters. The maximum absolute atomic E-state index is 12.2. The van der Waals surface area contributed by atoms with Gasteiger partial charge in [-0.05, 0) is 35.9 Å². The van der Waals surface area contributed by atoms with Gasteiger partial charge in [0.1, 0.15) is 17.4 Å². The number of ether oxygens (including phenoxy) is 1. The van der Waals surface area contributed by atoms with Crippen LogP contribution in [0.4, 0.5) is 5.69 Å². The summed E-state index contributed by atoms with van der Waals surface area (Å²) in [5.74, 6) is -0.984. The first-order valence-electron chi connectivity index (χ1n) is 7.51. The van der Waals surface area contributed by atoms with Crippen molar-refractivity contribution in [1.29, 1.82) is 5.26 Å². The number of aliphatic carboxylic acids is 1. The number of carbonyl (C=O) groups is 2. The number of nitrogens with one attached hydrogen (secondary N) is 1. The molecule has 0 aliphatic heterocycles. The molecule has 0 heterocycles. The van der Waals surface area contributed by atoms with Gasteiger partial charge in [0.2, 0.25) is 0 Å². The Kier molecular flexibility index (Phi) is 6.32. The normalized spacial score (nSPS) is 10.6. The molecule has 6 nitrogen and oxygen atoms in total. The van der Waals surface area contributed by atoms with Crippen LogP contribution in [0.3, 0.4) is 0 Å². The highest BCUT2D eigenvalue weighted by Crippen LogP contribution is 2.17. The molecule has 0 aromatic heterocycles. The molecular weight excluding hydrogens is 320 g/mol. The molecule has 0 saturated heterocycles. The first-order valence-corrected chi connectivity index (χ1v) is 7.51. The van der Waals surface area contributed by atoms with E-state index in [2.05, 4.69) is 5.32 Å². The average molecular weight is 336 g/mol. The van der Waals surface area contributed by atoms with Gasteiger partial charge in [-0.3, -0.25) is 9.59 Å². The number of rotatable bonds is 7. The highest BCUT2D eigenvalue weighted by Gasteiger charge is 2.09. The molecule has 2 rings (SSSR count). The molecule has 2 aromatic carbocycles. The van der Waals surface area contributed by atoms with E-state index in [-0.39, 0.29) is 18.6 Å². The molecule has 0 bridgehead atoms. The summed E-state index contributed by atoms with van der Waals surface area (Å²) < 4.78 is 5.34. The lowest BCUT2D eigenvalue weighted by Crippen LogP contribution is -2.13. The van der Waals surface area contributed by atoms with Gasteiger partial charge in [0.25, 0.3) is 5.91 Å². The zero-order valence-electron chi connectivity index (χ0n) is 13.3. The monoisotopic (exact) mass is 336 g/mol. The van der Waals surface area contributed by atoms with Gasteiger partial charge < -0.3 is 15.2 Å². The van der Waals surface area contributed by atoms with Crippen LogP contribution in [0.5, 0.6) is 5.75 Å². The second kappa shape index (κ2) is 8.89. The number of anilines is 1. The number of hydrogen-bond donors (Lipinski definition) is 2. The van der Waals surface area contributed by atoms with Gasteiger partial charge in [-0.15, -0.1) is 0 Å². The fourth-order valence-corrected chi connectivity index (χ4v) is 1.99. The predicted octanol–water partition coefficient (Wildman–Crippen LogP) is 3.09. The molecule has 25 heavy (non-hydrogen) atoms. The first-order chi connectivity index (χ1) is 12.1. The van der Waals surface area contributed by atoms with Crippen molar-refractivity contribution in [3.63, 3.8) is 0 Å². The summed E-state index contributed by atoms with van der Waals surface area (Å²) in [4.78, 5) is 22.7. The number of carboxylic acids is 1. The second-order valence-electron chi connectivity index (χ2n) is 5.05. The molecule has 0 radical (unpaired) electrons. The minimum atomic E-state index is -0.944. The van der Waals surface area contributed by atoms with Gasteiger partial charge in [0.05, 0.1) is 13.0 Å². The Morgan fingerprint density at radius 1 is 1.16 bits per heavy atom. The third-order valence-electron chi connectivity index (χ3n) is 3.15. The van der Waals surface area contributed by atoms with Gasteiger partial charge >= 0.3 is 5.97 Å². The summed E-state index contributed by atoms with van der Waals surface area (Å²) in [6, 6.07) is 17.4. The number of carbonyl (C=O) groups excluding carboxylic acids is 1. The number of benzene rings is 2. The number of nitrogens with zero attached hydrogens (tertiary/aromatic N) is 1. The maximum atomic E-state index is 12.2. The fourth-order valence-electron chi connectivity index (χ4n) is 1.99. The van der Waals surface area contributed by atoms with Crippen molar-refractivity contribution in [3.8, 4) is 11.8 Å². The van der Waals surface area contributed by atoms with Crippen molar-refractivity contribution in [3.05, 3.63) is 65.7 Å². The number of para-hydroxylation sites is 1. The summed E-state index contributed by atoms with van der Waals surface area (Å²) in [6.07, 6.45) is 1.34. The quantitative estimate of drug-likeness (QED) is 0.598. The first kappa shape index (κ1) is 17.8. The Morgan fingerprint density at radius 2 is 1.92 bits per heavy atom. The van der Waals surface area contributed by atoms with Crippen LogP contribution in [0.1, 0.15) is 12.0 Å². The Bertz CT molecular complexity index is 823. The van der Waals surface area contributed by atoms with Crippen LogP contribution in [0.25, 0.3) is 6.08 Å². The molecule has 0 aliphatic carbocycles. The lowest BCUT2D eigenvalue weighted by molar-refractivity contribution is -0.137. The standard InChI is InChI=1S/C19H16N2O4/c20-13-15(19(24)21-16-6-2-1-3-7-16)11-14-5-4-8-17(12-14)25-10-9-18(22)23/h1-8,11-12H,9-10H2,(H,21,24)(H,22,23)/b15-11-. The molecule has 0 unspecified atom stereocenters. The number of hydrogen-bond acceptors (Lipinski definition) is 4. The van der Waals surface area contributed by atoms with Crippen molar-refractivity contribution >= 4 is 23.6 Å². The Balaban J connectivity index is 2.09. The van der Waals surface area contributed by atoms with E-state index in [0.29, 0.717) is 17.0 Å². The largest absolute Gasteiger partial charge is 0.493 e. The van der Waals surface area contributed by atoms with Gasteiger partial charge in [0, 0.05) is 5.69 Å². The van der Waals surface area contributed by atoms with Gasteiger partial charge in [-0.25, -0.2) is 0 Å². The minimum absolute atomic E-state index is 0.0438. The van der Waals surface area contributed by atoms with E-state index < -0.39 is 11.9 Å². The Labute approximate surface area is 145 Å². The van der Waals surface area contributed by atoms with Gasteiger partial charge in [-0.1, -0.05) is 30.3 Å². The van der Waals surface area contributed by atoms with Gasteiger partial charge in [-0.2, -0.15) is 5.26 Å². The van der Waals surface area contributed by atoms with E-state index in [4.69, 9.17) is 9.84 Å². The summed E-state index contributed by atoms with van der Waals surface area (Å²) >= 11 is 0. The van der Waals surface area contributed by atoms with Crippen molar-refractivity contribution in [2.24, 2.45) is 0 Å². The van der Waals surface area contributed by atoms with Crippen LogP contribution in [0, 0.1) is 11.3 Å². The minimum Gasteiger partial charge on any atom is -0.493 e. The predicted molar refractivity (Wildman–Crippen MR) is 92.9 cm³/mol. The molecule has 126 valence electrons. The van der Waals surface area contributed by atoms with Crippen molar-refractivity contribution < 1.29 is 19.4 Å². The zero-order valence-corrected chi connectivity index (χ0v) is 13.3. The molecule has 2 aromatic rings. The van der Waals surface area contributed by atoms with Crippen LogP contribution < -0.4 is 10.1 Å². The third-order valence-corrected chi connectivity index (χ3v) is 3.15. The topological polar surface area (TPSA) is 99.4 Å². The summed E-state index contributed by atoms with van der Waals surface area (Å²) in [5.41, 5.74) is 1.15. The smallest absolute Gasteiger partial charge is 0.306 e. The fraction of sp³-hybridized carbons (Fsp3) is 0.105. The Morgan fingerprint density at radius 3 is 2.60 bits per heavy atom. The van der Waals surface area contributed by atoms with E-state index in [9.17, 15) is 14.9 Å². The van der Waals surface area contributed by atoms with Gasteiger partial charge in [0.15, 0.2) is 0 Å². The summed E-state index contributed by atoms with van der Waals surface area (Å²) in [5, 5.41) is 20.5. The Hall–Kier alpha value is -3.59. The average Bonchev–Trinajstić information content (AvgIpc) is 2.60. The van der Waals surface area contributed by atoms with E-state index >= 15 is 0 Å². The zero-order chi connectivity index (χ0) is 18.1. The molecule has 0 fully saturated rings. The molecule has 0 spiro atoms. The maximum Gasteiger partial charge on any atom is 0.306 e. The third kappa shape index (κ3) is 5.84. The molecule has 1 amide bonds. The van der Waals surface area contributed by atoms with Crippen LogP contribution in [-0.2, 0) is 9.59 Å². The van der Waals surface area contributed by atoms with Crippen molar-refractivity contribution in [1.82, 2.24) is 0 Å². The number of carboxylic acid groups (broad SMARTS) is 1. The van der Waals surface area contributed by atoms with E-state index in [1.807, 2.05) is 12.1 Å². The lowest BCUT2D eigenvalue weighted by Gasteiger charge is -2.06. The van der Waals surface area contributed by atoms with Crippen LogP contribution >= 0.6 is 0 Å². The molecule has 2 N–H and O–H groups in total. The van der Waals surface area contributed by atoms with Crippen LogP contribution in [0.15, 0.2) is 60.2 Å². The van der Waals surface area contributed by atoms with Crippen molar-refractivity contribution in [2.45, 2.75) is 6.42 Å². The molecule has 6 heteroatoms. The molecule has 0 saturated carbocycles. The molecule has 0 aliphatic rings. The van der Waals surface area contributed by atoms with E-state index in [1.54, 1.807) is 48.5 Å². The summed E-state index contributed by atoms with van der Waals surface area (Å²) in [6.45, 7) is 0.0438.